The number of primary amides is 1. The van der Waals surface area contributed by atoms with Crippen molar-refractivity contribution < 1.29 is 34.5 Å². The molecule has 37 heavy (non-hydrogen) atoms. The summed E-state index contributed by atoms with van der Waals surface area (Å²) in [5.41, 5.74) is 9.12. The van der Waals surface area contributed by atoms with Crippen molar-refractivity contribution in [1.82, 2.24) is 30.5 Å². The van der Waals surface area contributed by atoms with Gasteiger partial charge in [0.1, 0.15) is 17.7 Å². The van der Waals surface area contributed by atoms with Crippen LogP contribution in [0, 0.1) is 0 Å². The molecule has 1 aliphatic heterocycles. The van der Waals surface area contributed by atoms with Crippen molar-refractivity contribution in [2.75, 3.05) is 13.1 Å². The minimum Gasteiger partial charge on any atom is -0.465 e. The van der Waals surface area contributed by atoms with E-state index in [1.165, 1.54) is 15.8 Å². The second kappa shape index (κ2) is 11.0. The lowest BCUT2D eigenvalue weighted by Gasteiger charge is -2.41. The normalized spacial score (nSPS) is 23.2. The molecule has 1 aliphatic carbocycles. The number of aliphatic hydroxyl groups excluding tert-OH is 1. The second-order valence-corrected chi connectivity index (χ2v) is 10.3. The van der Waals surface area contributed by atoms with Gasteiger partial charge in [-0.1, -0.05) is 24.5 Å². The molecule has 2 fully saturated rings. The number of hydrogen-bond donors (Lipinski definition) is 7. The lowest BCUT2D eigenvalue weighted by molar-refractivity contribution is -0.143. The molecule has 206 valence electrons. The van der Waals surface area contributed by atoms with E-state index in [4.69, 9.17) is 16.6 Å². The molecule has 0 bridgehead atoms. The predicted octanol–water partition coefficient (Wildman–Crippen LogP) is -2.09. The summed E-state index contributed by atoms with van der Waals surface area (Å²) in [6, 6.07) is -2.91. The second-order valence-electron chi connectivity index (χ2n) is 10.3. The van der Waals surface area contributed by atoms with Crippen LogP contribution in [0.25, 0.3) is 0 Å². The Balaban J connectivity index is 1.91. The Hall–Kier alpha value is -3.30. The van der Waals surface area contributed by atoms with Gasteiger partial charge in [-0.05, 0) is 26.7 Å². The molecule has 1 saturated carbocycles. The van der Waals surface area contributed by atoms with E-state index in [0.717, 1.165) is 6.42 Å². The summed E-state index contributed by atoms with van der Waals surface area (Å²) in [6.07, 6.45) is 1.37. The van der Waals surface area contributed by atoms with E-state index in [2.05, 4.69) is 20.9 Å². The smallest absolute Gasteiger partial charge is 0.404 e. The van der Waals surface area contributed by atoms with Gasteiger partial charge in [-0.2, -0.15) is 0 Å². The molecule has 1 aromatic heterocycles. The van der Waals surface area contributed by atoms with E-state index in [1.54, 1.807) is 13.8 Å². The Morgan fingerprint density at radius 3 is 2.46 bits per heavy atom. The fourth-order valence-electron chi connectivity index (χ4n) is 5.18. The van der Waals surface area contributed by atoms with Gasteiger partial charge in [0.25, 0.3) is 0 Å². The van der Waals surface area contributed by atoms with Crippen LogP contribution in [0.3, 0.4) is 0 Å². The highest BCUT2D eigenvalue weighted by molar-refractivity contribution is 5.92. The third-order valence-electron chi connectivity index (χ3n) is 7.11. The van der Waals surface area contributed by atoms with Crippen molar-refractivity contribution in [3.8, 4) is 0 Å². The highest BCUT2D eigenvalue weighted by Gasteiger charge is 2.48. The summed E-state index contributed by atoms with van der Waals surface area (Å²) < 4.78 is 1.45. The van der Waals surface area contributed by atoms with Gasteiger partial charge < -0.3 is 42.3 Å². The minimum atomic E-state index is -1.61. The summed E-state index contributed by atoms with van der Waals surface area (Å²) in [7, 11) is 0. The molecule has 0 aromatic carbocycles. The Bertz CT molecular complexity index is 1020. The van der Waals surface area contributed by atoms with Crippen LogP contribution >= 0.6 is 0 Å². The molecular formula is C22H36N8O7. The molecule has 15 nitrogen and oxygen atoms in total. The molecule has 4 amide bonds. The lowest BCUT2D eigenvalue weighted by Crippen LogP contribution is -2.64. The molecule has 1 aromatic rings. The zero-order chi connectivity index (χ0) is 27.5. The fourth-order valence-corrected chi connectivity index (χ4v) is 5.18. The largest absolute Gasteiger partial charge is 0.465 e. The number of carbonyl (C=O) groups excluding carboxylic acids is 3. The highest BCUT2D eigenvalue weighted by atomic mass is 16.4. The van der Waals surface area contributed by atoms with E-state index in [1.807, 2.05) is 0 Å². The number of carbonyl (C=O) groups is 4. The topological polar surface area (TPSA) is 239 Å². The maximum absolute atomic E-state index is 13.6. The van der Waals surface area contributed by atoms with Crippen molar-refractivity contribution in [3.05, 3.63) is 11.9 Å². The average molecular weight is 525 g/mol. The van der Waals surface area contributed by atoms with Crippen LogP contribution in [-0.4, -0.2) is 95.8 Å². The van der Waals surface area contributed by atoms with Crippen molar-refractivity contribution in [1.29, 1.82) is 0 Å². The molecule has 2 aliphatic rings. The van der Waals surface area contributed by atoms with Gasteiger partial charge >= 0.3 is 6.09 Å². The molecule has 15 heteroatoms. The summed E-state index contributed by atoms with van der Waals surface area (Å²) >= 11 is 0. The standard InChI is InChI=1S/C22H36N8O7/c1-21(2,37)15-10-26-28-30(15)12-8-14(29(11-12)19(34)13(23)9-25-20(35)36)18(33)27-22(16(31)17(24)32)6-4-3-5-7-22/h10,12-14,16,25,31,37H,3-9,11,23H2,1-2H3,(H2,24,32)(H,27,33)(H,35,36)/t12-,13?,14-,16?/m0/s1. The molecular weight excluding hydrogens is 488 g/mol. The van der Waals surface area contributed by atoms with E-state index in [0.29, 0.717) is 31.4 Å². The molecule has 1 saturated heterocycles. The number of carboxylic acid groups (broad SMARTS) is 1. The monoisotopic (exact) mass is 524 g/mol. The molecule has 4 atom stereocenters. The van der Waals surface area contributed by atoms with E-state index >= 15 is 0 Å². The molecule has 2 unspecified atom stereocenters. The van der Waals surface area contributed by atoms with Crippen molar-refractivity contribution in [2.24, 2.45) is 11.5 Å². The van der Waals surface area contributed by atoms with Gasteiger partial charge in [0.15, 0.2) is 6.10 Å². The third-order valence-corrected chi connectivity index (χ3v) is 7.11. The van der Waals surface area contributed by atoms with Crippen molar-refractivity contribution >= 4 is 23.8 Å². The Morgan fingerprint density at radius 1 is 1.24 bits per heavy atom. The van der Waals surface area contributed by atoms with E-state index < -0.39 is 59.2 Å². The van der Waals surface area contributed by atoms with Crippen molar-refractivity contribution in [3.63, 3.8) is 0 Å². The van der Waals surface area contributed by atoms with Crippen LogP contribution in [0.4, 0.5) is 4.79 Å². The first-order valence-corrected chi connectivity index (χ1v) is 12.2. The first kappa shape index (κ1) is 28.3. The van der Waals surface area contributed by atoms with Crippen LogP contribution in [0.5, 0.6) is 0 Å². The van der Waals surface area contributed by atoms with Gasteiger partial charge in [-0.25, -0.2) is 9.48 Å². The number of nitrogens with zero attached hydrogens (tertiary/aromatic N) is 4. The lowest BCUT2D eigenvalue weighted by atomic mass is 9.77. The molecule has 3 rings (SSSR count). The van der Waals surface area contributed by atoms with Gasteiger partial charge in [0.05, 0.1) is 23.5 Å². The van der Waals surface area contributed by atoms with Gasteiger partial charge in [-0.15, -0.1) is 5.10 Å². The Labute approximate surface area is 213 Å². The average Bonchev–Trinajstić information content (AvgIpc) is 3.49. The molecule has 2 heterocycles. The number of rotatable bonds is 9. The van der Waals surface area contributed by atoms with Gasteiger partial charge in [0.2, 0.25) is 17.7 Å². The zero-order valence-electron chi connectivity index (χ0n) is 21.0. The van der Waals surface area contributed by atoms with Crippen LogP contribution in [0.2, 0.25) is 0 Å². The predicted molar refractivity (Wildman–Crippen MR) is 128 cm³/mol. The molecule has 9 N–H and O–H groups in total. The number of likely N-dealkylation sites (tertiary alicyclic amines) is 1. The number of nitrogens with one attached hydrogen (secondary N) is 2. The fraction of sp³-hybridized carbons (Fsp3) is 0.727. The minimum absolute atomic E-state index is 0.0183. The quantitative estimate of drug-likeness (QED) is 0.186. The summed E-state index contributed by atoms with van der Waals surface area (Å²) in [4.78, 5) is 50.9. The van der Waals surface area contributed by atoms with Gasteiger partial charge in [-0.3, -0.25) is 14.4 Å². The van der Waals surface area contributed by atoms with Crippen molar-refractivity contribution in [2.45, 2.75) is 87.7 Å². The number of nitrogens with two attached hydrogens (primary N) is 2. The van der Waals surface area contributed by atoms with E-state index in [9.17, 15) is 29.4 Å². The molecule has 0 spiro atoms. The zero-order valence-corrected chi connectivity index (χ0v) is 21.0. The number of aromatic nitrogens is 3. The summed E-state index contributed by atoms with van der Waals surface area (Å²) in [6.45, 7) is 2.72. The molecule has 0 radical (unpaired) electrons. The van der Waals surface area contributed by atoms with E-state index in [-0.39, 0.29) is 19.5 Å². The third kappa shape index (κ3) is 6.17. The van der Waals surface area contributed by atoms with Crippen LogP contribution in [0.15, 0.2) is 6.20 Å². The number of aliphatic hydroxyl groups is 2. The SMILES string of the molecule is CC(C)(O)c1cnnn1[C@H]1C[C@@H](C(=O)NC2(C(O)C(N)=O)CCCCC2)N(C(=O)C(N)CNC(=O)O)C1. The summed E-state index contributed by atoms with van der Waals surface area (Å²) in [5.74, 6) is -2.24. The Kier molecular flexibility index (Phi) is 8.39. The highest BCUT2D eigenvalue weighted by Crippen LogP contribution is 2.34. The number of amides is 4. The Morgan fingerprint density at radius 2 is 1.89 bits per heavy atom. The number of hydrogen-bond acceptors (Lipinski definition) is 9. The van der Waals surface area contributed by atoms with Gasteiger partial charge in [0, 0.05) is 19.5 Å². The first-order chi connectivity index (χ1) is 17.3. The van der Waals surface area contributed by atoms with Crippen LogP contribution in [-0.2, 0) is 20.0 Å². The summed E-state index contributed by atoms with van der Waals surface area (Å²) in [5, 5.41) is 42.8. The first-order valence-electron chi connectivity index (χ1n) is 12.2. The maximum Gasteiger partial charge on any atom is 0.404 e. The van der Waals surface area contributed by atoms with Crippen LogP contribution in [0.1, 0.15) is 64.1 Å². The maximum atomic E-state index is 13.6. The van der Waals surface area contributed by atoms with Crippen LogP contribution < -0.4 is 22.1 Å².